The first kappa shape index (κ1) is 20.9. The van der Waals surface area contributed by atoms with Gasteiger partial charge >= 0.3 is 0 Å². The largest absolute Gasteiger partial charge is 0.343 e. The Morgan fingerprint density at radius 2 is 2.00 bits per heavy atom. The number of rotatable bonds is 7. The predicted molar refractivity (Wildman–Crippen MR) is 123 cm³/mol. The number of fused-ring (bicyclic) bond motifs is 1. The van der Waals surface area contributed by atoms with Crippen LogP contribution in [0.3, 0.4) is 0 Å². The molecule has 2 nitrogen and oxygen atoms in total. The molecule has 0 N–H and O–H groups in total. The highest BCUT2D eigenvalue weighted by atomic mass is 79.9. The van der Waals surface area contributed by atoms with Gasteiger partial charge in [0, 0.05) is 46.0 Å². The van der Waals surface area contributed by atoms with E-state index in [1.165, 1.54) is 11.1 Å². The normalized spacial score (nSPS) is 12.0. The van der Waals surface area contributed by atoms with Crippen LogP contribution in [0.4, 0.5) is 0 Å². The molecule has 0 spiro atoms. The highest BCUT2D eigenvalue weighted by Gasteiger charge is 2.14. The van der Waals surface area contributed by atoms with Crippen LogP contribution in [-0.4, -0.2) is 10.4 Å². The quantitative estimate of drug-likeness (QED) is 0.362. The summed E-state index contributed by atoms with van der Waals surface area (Å²) < 4.78 is 3.27. The Labute approximate surface area is 180 Å². The first-order valence-electron chi connectivity index (χ1n) is 9.63. The third kappa shape index (κ3) is 4.59. The summed E-state index contributed by atoms with van der Waals surface area (Å²) in [6.45, 7) is 6.94. The van der Waals surface area contributed by atoms with E-state index in [0.29, 0.717) is 18.6 Å². The van der Waals surface area contributed by atoms with Gasteiger partial charge in [-0.15, -0.1) is 0 Å². The number of carbonyl (C=O) groups excluding carboxylic acids is 1. The number of hydrogen-bond acceptors (Lipinski definition) is 1. The SMILES string of the molecule is C/C=C(/Cn1cc(CC(=O)CCC)c2ccc(Br)cc21)c1cc(Cl)ccc1C. The van der Waals surface area contributed by atoms with Crippen molar-refractivity contribution in [3.63, 3.8) is 0 Å². The Balaban J connectivity index is 2.03. The molecule has 3 aromatic rings. The molecule has 1 heterocycles. The topological polar surface area (TPSA) is 22.0 Å². The summed E-state index contributed by atoms with van der Waals surface area (Å²) in [6, 6.07) is 12.3. The van der Waals surface area contributed by atoms with Gasteiger partial charge in [-0.1, -0.05) is 52.7 Å². The number of nitrogens with zero attached hydrogens (tertiary/aromatic N) is 1. The number of allylic oxidation sites excluding steroid dienone is 2. The van der Waals surface area contributed by atoms with Crippen molar-refractivity contribution < 1.29 is 4.79 Å². The summed E-state index contributed by atoms with van der Waals surface area (Å²) in [4.78, 5) is 12.3. The maximum absolute atomic E-state index is 12.3. The lowest BCUT2D eigenvalue weighted by Gasteiger charge is -2.13. The van der Waals surface area contributed by atoms with Gasteiger partial charge in [0.2, 0.25) is 0 Å². The van der Waals surface area contributed by atoms with Crippen LogP contribution in [0.25, 0.3) is 16.5 Å². The molecule has 0 saturated carbocycles. The maximum Gasteiger partial charge on any atom is 0.137 e. The molecule has 4 heteroatoms. The van der Waals surface area contributed by atoms with E-state index in [-0.39, 0.29) is 0 Å². The molecular weight excluding hydrogens is 434 g/mol. The van der Waals surface area contributed by atoms with E-state index >= 15 is 0 Å². The zero-order valence-electron chi connectivity index (χ0n) is 16.6. The van der Waals surface area contributed by atoms with Crippen molar-refractivity contribution in [1.82, 2.24) is 4.57 Å². The Morgan fingerprint density at radius 1 is 1.21 bits per heavy atom. The summed E-state index contributed by atoms with van der Waals surface area (Å²) in [5.41, 5.74) is 5.80. The summed E-state index contributed by atoms with van der Waals surface area (Å²) in [5, 5.41) is 1.89. The van der Waals surface area contributed by atoms with Gasteiger partial charge in [-0.05, 0) is 66.8 Å². The van der Waals surface area contributed by atoms with Crippen LogP contribution in [0.1, 0.15) is 43.4 Å². The summed E-state index contributed by atoms with van der Waals surface area (Å²) in [6.07, 6.45) is 6.28. The second-order valence-electron chi connectivity index (χ2n) is 7.18. The third-order valence-corrected chi connectivity index (χ3v) is 5.81. The third-order valence-electron chi connectivity index (χ3n) is 5.08. The molecule has 28 heavy (non-hydrogen) atoms. The van der Waals surface area contributed by atoms with E-state index in [2.05, 4.69) is 64.8 Å². The van der Waals surface area contributed by atoms with Gasteiger partial charge in [0.25, 0.3) is 0 Å². The Bertz CT molecular complexity index is 1050. The average molecular weight is 459 g/mol. The van der Waals surface area contributed by atoms with Gasteiger partial charge in [-0.3, -0.25) is 4.79 Å². The highest BCUT2D eigenvalue weighted by Crippen LogP contribution is 2.30. The van der Waals surface area contributed by atoms with Crippen LogP contribution >= 0.6 is 27.5 Å². The van der Waals surface area contributed by atoms with Gasteiger partial charge < -0.3 is 4.57 Å². The molecule has 1 aromatic heterocycles. The average Bonchev–Trinajstić information content (AvgIpc) is 2.98. The van der Waals surface area contributed by atoms with Gasteiger partial charge in [0.1, 0.15) is 5.78 Å². The fourth-order valence-electron chi connectivity index (χ4n) is 3.65. The molecule has 0 aliphatic heterocycles. The van der Waals surface area contributed by atoms with E-state index in [9.17, 15) is 4.79 Å². The first-order chi connectivity index (χ1) is 13.4. The van der Waals surface area contributed by atoms with Crippen LogP contribution in [0.5, 0.6) is 0 Å². The Kier molecular flexibility index (Phi) is 6.79. The second-order valence-corrected chi connectivity index (χ2v) is 8.53. The lowest BCUT2D eigenvalue weighted by atomic mass is 10.0. The molecule has 146 valence electrons. The predicted octanol–water partition coefficient (Wildman–Crippen LogP) is 7.38. The molecule has 3 rings (SSSR count). The molecule has 0 bridgehead atoms. The smallest absolute Gasteiger partial charge is 0.137 e. The number of benzene rings is 2. The van der Waals surface area contributed by atoms with Crippen molar-refractivity contribution in [2.24, 2.45) is 0 Å². The van der Waals surface area contributed by atoms with Gasteiger partial charge in [-0.25, -0.2) is 0 Å². The van der Waals surface area contributed by atoms with Crippen molar-refractivity contribution in [3.8, 4) is 0 Å². The van der Waals surface area contributed by atoms with Crippen LogP contribution in [0.15, 0.2) is 53.1 Å². The van der Waals surface area contributed by atoms with E-state index in [0.717, 1.165) is 44.5 Å². The minimum atomic E-state index is 0.293. The number of Topliss-reactive ketones (excluding diaryl/α,β-unsaturated/α-hetero) is 1. The van der Waals surface area contributed by atoms with Crippen molar-refractivity contribution in [3.05, 3.63) is 74.9 Å². The van der Waals surface area contributed by atoms with Crippen molar-refractivity contribution in [2.45, 2.75) is 46.6 Å². The molecule has 0 saturated heterocycles. The Morgan fingerprint density at radius 3 is 2.71 bits per heavy atom. The minimum Gasteiger partial charge on any atom is -0.343 e. The maximum atomic E-state index is 12.3. The number of ketones is 1. The van der Waals surface area contributed by atoms with Crippen LogP contribution in [-0.2, 0) is 17.8 Å². The molecule has 0 amide bonds. The molecular formula is C24H25BrClNO. The molecule has 0 radical (unpaired) electrons. The Hall–Kier alpha value is -1.84. The van der Waals surface area contributed by atoms with Gasteiger partial charge in [0.05, 0.1) is 0 Å². The van der Waals surface area contributed by atoms with Crippen molar-refractivity contribution in [2.75, 3.05) is 0 Å². The molecule has 0 unspecified atom stereocenters. The highest BCUT2D eigenvalue weighted by molar-refractivity contribution is 9.10. The standard InChI is InChI=1S/C24H25BrClNO/c1-4-6-21(28)11-18-15-27(24-12-19(25)8-10-22(18)24)14-17(5-2)23-13-20(26)9-7-16(23)3/h5,7-10,12-13,15H,4,6,11,14H2,1-3H3/b17-5-. The zero-order valence-corrected chi connectivity index (χ0v) is 18.9. The number of aromatic nitrogens is 1. The first-order valence-corrected chi connectivity index (χ1v) is 10.8. The molecule has 0 atom stereocenters. The number of carbonyl (C=O) groups is 1. The van der Waals surface area contributed by atoms with E-state index in [1.54, 1.807) is 0 Å². The summed E-state index contributed by atoms with van der Waals surface area (Å²) >= 11 is 9.84. The van der Waals surface area contributed by atoms with E-state index in [1.807, 2.05) is 25.1 Å². The fraction of sp³-hybridized carbons (Fsp3) is 0.292. The lowest BCUT2D eigenvalue weighted by Crippen LogP contribution is -2.02. The number of hydrogen-bond donors (Lipinski definition) is 0. The van der Waals surface area contributed by atoms with Gasteiger partial charge in [-0.2, -0.15) is 0 Å². The van der Waals surface area contributed by atoms with Crippen molar-refractivity contribution in [1.29, 1.82) is 0 Å². The molecule has 0 aliphatic carbocycles. The zero-order chi connectivity index (χ0) is 20.3. The van der Waals surface area contributed by atoms with Crippen molar-refractivity contribution >= 4 is 49.8 Å². The van der Waals surface area contributed by atoms with E-state index in [4.69, 9.17) is 11.6 Å². The van der Waals surface area contributed by atoms with E-state index < -0.39 is 0 Å². The number of halogens is 2. The summed E-state index contributed by atoms with van der Waals surface area (Å²) in [5.74, 6) is 0.293. The van der Waals surface area contributed by atoms with Gasteiger partial charge in [0.15, 0.2) is 0 Å². The van der Waals surface area contributed by atoms with Crippen LogP contribution in [0, 0.1) is 6.92 Å². The molecule has 0 aliphatic rings. The summed E-state index contributed by atoms with van der Waals surface area (Å²) in [7, 11) is 0. The fourth-order valence-corrected chi connectivity index (χ4v) is 4.17. The number of aryl methyl sites for hydroxylation is 1. The van der Waals surface area contributed by atoms with Crippen LogP contribution < -0.4 is 0 Å². The monoisotopic (exact) mass is 457 g/mol. The molecule has 2 aromatic carbocycles. The molecule has 0 fully saturated rings. The van der Waals surface area contributed by atoms with Crippen LogP contribution in [0.2, 0.25) is 5.02 Å². The lowest BCUT2D eigenvalue weighted by molar-refractivity contribution is -0.118. The minimum absolute atomic E-state index is 0.293. The second kappa shape index (κ2) is 9.11.